The third-order valence-electron chi connectivity index (χ3n) is 2.00. The summed E-state index contributed by atoms with van der Waals surface area (Å²) in [5.41, 5.74) is 6.13. The monoisotopic (exact) mass is 191 g/mol. The zero-order chi connectivity index (χ0) is 10.1. The summed E-state index contributed by atoms with van der Waals surface area (Å²) in [6.07, 6.45) is 1.52. The zero-order valence-electron chi connectivity index (χ0n) is 7.27. The van der Waals surface area contributed by atoms with Crippen molar-refractivity contribution in [1.29, 1.82) is 0 Å². The van der Waals surface area contributed by atoms with Crippen molar-refractivity contribution >= 4 is 22.6 Å². The average molecular weight is 191 g/mol. The Morgan fingerprint density at radius 3 is 2.86 bits per heavy atom. The molecule has 72 valence electrons. The number of nitrogens with two attached hydrogens (primary N) is 1. The SMILES string of the molecule is NC(=O)N(O)c1c[nH]c2ccccc12. The average Bonchev–Trinajstić information content (AvgIpc) is 2.60. The summed E-state index contributed by atoms with van der Waals surface area (Å²) in [5.74, 6) is 0. The lowest BCUT2D eigenvalue weighted by Crippen LogP contribution is -2.32. The lowest BCUT2D eigenvalue weighted by Gasteiger charge is -2.09. The summed E-state index contributed by atoms with van der Waals surface area (Å²) >= 11 is 0. The van der Waals surface area contributed by atoms with Crippen molar-refractivity contribution in [2.24, 2.45) is 5.73 Å². The van der Waals surface area contributed by atoms with Crippen LogP contribution in [0.2, 0.25) is 0 Å². The summed E-state index contributed by atoms with van der Waals surface area (Å²) < 4.78 is 0. The van der Waals surface area contributed by atoms with Crippen LogP contribution in [0.15, 0.2) is 30.5 Å². The van der Waals surface area contributed by atoms with Crippen molar-refractivity contribution in [1.82, 2.24) is 4.98 Å². The lowest BCUT2D eigenvalue weighted by molar-refractivity contribution is 0.213. The Kier molecular flexibility index (Phi) is 1.86. The molecule has 0 unspecified atom stereocenters. The summed E-state index contributed by atoms with van der Waals surface area (Å²) in [4.78, 5) is 13.6. The molecule has 1 heterocycles. The van der Waals surface area contributed by atoms with Crippen molar-refractivity contribution in [3.05, 3.63) is 30.5 Å². The van der Waals surface area contributed by atoms with Crippen LogP contribution in [0.4, 0.5) is 10.5 Å². The molecule has 14 heavy (non-hydrogen) atoms. The van der Waals surface area contributed by atoms with Gasteiger partial charge in [0.1, 0.15) is 0 Å². The molecule has 5 nitrogen and oxygen atoms in total. The van der Waals surface area contributed by atoms with E-state index in [1.165, 1.54) is 6.20 Å². The number of hydrogen-bond acceptors (Lipinski definition) is 2. The summed E-state index contributed by atoms with van der Waals surface area (Å²) in [5, 5.41) is 10.5. The molecule has 2 aromatic rings. The number of anilines is 1. The van der Waals surface area contributed by atoms with Gasteiger partial charge in [-0.25, -0.2) is 4.79 Å². The van der Waals surface area contributed by atoms with Gasteiger partial charge >= 0.3 is 6.03 Å². The third kappa shape index (κ3) is 1.20. The number of carbonyl (C=O) groups is 1. The van der Waals surface area contributed by atoms with Crippen LogP contribution in [0.1, 0.15) is 0 Å². The van der Waals surface area contributed by atoms with Crippen LogP contribution >= 0.6 is 0 Å². The molecule has 4 N–H and O–H groups in total. The van der Waals surface area contributed by atoms with Gasteiger partial charge in [0.05, 0.1) is 5.69 Å². The predicted molar refractivity (Wildman–Crippen MR) is 52.1 cm³/mol. The van der Waals surface area contributed by atoms with Gasteiger partial charge in [0.25, 0.3) is 0 Å². The van der Waals surface area contributed by atoms with Crippen molar-refractivity contribution < 1.29 is 10.0 Å². The van der Waals surface area contributed by atoms with E-state index in [9.17, 15) is 10.0 Å². The number of H-pyrrole nitrogens is 1. The van der Waals surface area contributed by atoms with Crippen LogP contribution in [0, 0.1) is 0 Å². The van der Waals surface area contributed by atoms with E-state index in [1.54, 1.807) is 6.07 Å². The van der Waals surface area contributed by atoms with Crippen molar-refractivity contribution in [3.8, 4) is 0 Å². The number of nitrogens with one attached hydrogen (secondary N) is 1. The Balaban J connectivity index is 2.58. The molecule has 2 amide bonds. The number of rotatable bonds is 1. The van der Waals surface area contributed by atoms with Crippen LogP contribution in [-0.4, -0.2) is 16.2 Å². The van der Waals surface area contributed by atoms with E-state index in [0.717, 1.165) is 10.9 Å². The van der Waals surface area contributed by atoms with Crippen LogP contribution in [0.25, 0.3) is 10.9 Å². The maximum absolute atomic E-state index is 10.7. The molecule has 0 saturated heterocycles. The van der Waals surface area contributed by atoms with Gasteiger partial charge < -0.3 is 10.7 Å². The van der Waals surface area contributed by atoms with Gasteiger partial charge in [-0.15, -0.1) is 0 Å². The third-order valence-corrected chi connectivity index (χ3v) is 2.00. The standard InChI is InChI=1S/C9H9N3O2/c10-9(13)12(14)8-5-11-7-4-2-1-3-6(7)8/h1-5,11,14H,(H2,10,13). The number of para-hydroxylation sites is 1. The number of urea groups is 1. The van der Waals surface area contributed by atoms with E-state index < -0.39 is 6.03 Å². The predicted octanol–water partition coefficient (Wildman–Crippen LogP) is 1.44. The van der Waals surface area contributed by atoms with E-state index in [1.807, 2.05) is 18.2 Å². The van der Waals surface area contributed by atoms with E-state index in [-0.39, 0.29) is 0 Å². The number of nitrogens with zero attached hydrogens (tertiary/aromatic N) is 1. The van der Waals surface area contributed by atoms with Crippen molar-refractivity contribution in [3.63, 3.8) is 0 Å². The fraction of sp³-hybridized carbons (Fsp3) is 0. The Labute approximate surface area is 79.7 Å². The van der Waals surface area contributed by atoms with Crippen molar-refractivity contribution in [2.75, 3.05) is 5.06 Å². The number of aromatic amines is 1. The number of benzene rings is 1. The fourth-order valence-corrected chi connectivity index (χ4v) is 1.35. The number of amides is 2. The molecule has 0 aliphatic carbocycles. The first-order valence-electron chi connectivity index (χ1n) is 4.04. The first-order valence-corrected chi connectivity index (χ1v) is 4.04. The number of carbonyl (C=O) groups excluding carboxylic acids is 1. The van der Waals surface area contributed by atoms with Gasteiger partial charge in [0, 0.05) is 17.1 Å². The molecule has 1 aromatic carbocycles. The number of primary amides is 1. The number of hydrogen-bond donors (Lipinski definition) is 3. The number of aromatic nitrogens is 1. The molecule has 5 heteroatoms. The maximum atomic E-state index is 10.7. The van der Waals surface area contributed by atoms with Gasteiger partial charge in [0.2, 0.25) is 0 Å². The molecule has 0 radical (unpaired) electrons. The van der Waals surface area contributed by atoms with E-state index in [0.29, 0.717) is 10.8 Å². The Morgan fingerprint density at radius 1 is 1.43 bits per heavy atom. The molecule has 0 bridgehead atoms. The minimum Gasteiger partial charge on any atom is -0.359 e. The van der Waals surface area contributed by atoms with Gasteiger partial charge in [0.15, 0.2) is 0 Å². The first-order chi connectivity index (χ1) is 6.70. The van der Waals surface area contributed by atoms with E-state index >= 15 is 0 Å². The maximum Gasteiger partial charge on any atom is 0.343 e. The zero-order valence-corrected chi connectivity index (χ0v) is 7.27. The Hall–Kier alpha value is -2.01. The number of hydroxylamine groups is 1. The highest BCUT2D eigenvalue weighted by molar-refractivity contribution is 6.00. The summed E-state index contributed by atoms with van der Waals surface area (Å²) in [7, 11) is 0. The van der Waals surface area contributed by atoms with Gasteiger partial charge in [-0.05, 0) is 6.07 Å². The smallest absolute Gasteiger partial charge is 0.343 e. The molecule has 0 saturated carbocycles. The first kappa shape index (κ1) is 8.58. The highest BCUT2D eigenvalue weighted by Crippen LogP contribution is 2.24. The largest absolute Gasteiger partial charge is 0.359 e. The minimum atomic E-state index is -0.908. The molecule has 1 aromatic heterocycles. The Morgan fingerprint density at radius 2 is 2.14 bits per heavy atom. The number of fused-ring (bicyclic) bond motifs is 1. The molecule has 0 fully saturated rings. The molecular formula is C9H9N3O2. The molecule has 2 rings (SSSR count). The van der Waals surface area contributed by atoms with Crippen LogP contribution in [0.5, 0.6) is 0 Å². The second-order valence-electron chi connectivity index (χ2n) is 2.87. The van der Waals surface area contributed by atoms with E-state index in [4.69, 9.17) is 5.73 Å². The highest BCUT2D eigenvalue weighted by atomic mass is 16.5. The second kappa shape index (κ2) is 3.04. The lowest BCUT2D eigenvalue weighted by atomic mass is 10.2. The normalized spacial score (nSPS) is 10.4. The van der Waals surface area contributed by atoms with E-state index in [2.05, 4.69) is 4.98 Å². The van der Waals surface area contributed by atoms with Gasteiger partial charge in [-0.2, -0.15) is 5.06 Å². The minimum absolute atomic E-state index is 0.355. The molecule has 0 aliphatic heterocycles. The quantitative estimate of drug-likeness (QED) is 0.470. The molecule has 0 aliphatic rings. The molecule has 0 atom stereocenters. The summed E-state index contributed by atoms with van der Waals surface area (Å²) in [6, 6.07) is 6.39. The fourth-order valence-electron chi connectivity index (χ4n) is 1.35. The Bertz CT molecular complexity index is 478. The molecular weight excluding hydrogens is 182 g/mol. The van der Waals surface area contributed by atoms with Gasteiger partial charge in [-0.1, -0.05) is 18.2 Å². The van der Waals surface area contributed by atoms with Crippen molar-refractivity contribution in [2.45, 2.75) is 0 Å². The molecule has 0 spiro atoms. The van der Waals surface area contributed by atoms with Crippen LogP contribution in [-0.2, 0) is 0 Å². The summed E-state index contributed by atoms with van der Waals surface area (Å²) in [6.45, 7) is 0. The second-order valence-corrected chi connectivity index (χ2v) is 2.87. The van der Waals surface area contributed by atoms with Gasteiger partial charge in [-0.3, -0.25) is 5.21 Å². The topological polar surface area (TPSA) is 82.3 Å². The van der Waals surface area contributed by atoms with Crippen LogP contribution < -0.4 is 10.8 Å². The highest BCUT2D eigenvalue weighted by Gasteiger charge is 2.13. The van der Waals surface area contributed by atoms with Crippen LogP contribution in [0.3, 0.4) is 0 Å².